The number of unbranched alkanes of at least 4 members (excludes halogenated alkanes) is 22. The zero-order chi connectivity index (χ0) is 42.8. The first-order chi connectivity index (χ1) is 28.1. The zero-order valence-corrected chi connectivity index (χ0v) is 40.3. The van der Waals surface area contributed by atoms with E-state index in [9.17, 15) is 28.6 Å². The SMILES string of the molecule is CCCCCCCCC=CCCCCCCCC(=O)OCC(COP(=O)([O-])OCCNC(=O)CCC(=O)O)OC(=O)CCCCCCCC=CCCCCCCCC.[Na+]. The van der Waals surface area contributed by atoms with Gasteiger partial charge >= 0.3 is 47.5 Å². The van der Waals surface area contributed by atoms with Gasteiger partial charge in [-0.15, -0.1) is 0 Å². The van der Waals surface area contributed by atoms with E-state index >= 15 is 0 Å². The molecule has 0 bridgehead atoms. The first-order valence-electron chi connectivity index (χ1n) is 22.8. The second-order valence-electron chi connectivity index (χ2n) is 15.3. The number of esters is 2. The van der Waals surface area contributed by atoms with Gasteiger partial charge in [0.1, 0.15) is 6.61 Å². The number of ether oxygens (including phenoxy) is 2. The average molecular weight is 866 g/mol. The molecule has 12 nitrogen and oxygen atoms in total. The molecule has 0 aromatic rings. The second kappa shape index (κ2) is 44.5. The minimum Gasteiger partial charge on any atom is -0.756 e. The van der Waals surface area contributed by atoms with E-state index in [1.54, 1.807) is 0 Å². The monoisotopic (exact) mass is 866 g/mol. The molecule has 0 fully saturated rings. The molecular formula is C45H81NNaO11P. The molecule has 0 spiro atoms. The zero-order valence-electron chi connectivity index (χ0n) is 37.4. The third-order valence-electron chi connectivity index (χ3n) is 9.67. The number of carboxylic acids is 1. The summed E-state index contributed by atoms with van der Waals surface area (Å²) < 4.78 is 32.9. The Morgan fingerprint density at radius 3 is 1.46 bits per heavy atom. The van der Waals surface area contributed by atoms with Crippen molar-refractivity contribution in [2.45, 2.75) is 213 Å². The number of allylic oxidation sites excluding steroid dienone is 4. The molecule has 0 rings (SSSR count). The van der Waals surface area contributed by atoms with Crippen molar-refractivity contribution >= 4 is 31.6 Å². The van der Waals surface area contributed by atoms with Crippen LogP contribution in [0.4, 0.5) is 0 Å². The van der Waals surface area contributed by atoms with Gasteiger partial charge in [-0.3, -0.25) is 23.7 Å². The summed E-state index contributed by atoms with van der Waals surface area (Å²) in [5.74, 6) is -2.68. The van der Waals surface area contributed by atoms with Crippen molar-refractivity contribution < 1.29 is 81.8 Å². The fraction of sp³-hybridized carbons (Fsp3) is 0.822. The molecule has 0 saturated heterocycles. The van der Waals surface area contributed by atoms with E-state index in [4.69, 9.17) is 23.6 Å². The van der Waals surface area contributed by atoms with Gasteiger partial charge in [-0.25, -0.2) is 0 Å². The number of phosphoric ester groups is 1. The van der Waals surface area contributed by atoms with Crippen LogP contribution in [-0.2, 0) is 42.3 Å². The Morgan fingerprint density at radius 1 is 0.576 bits per heavy atom. The number of amides is 1. The van der Waals surface area contributed by atoms with Crippen LogP contribution in [0.25, 0.3) is 0 Å². The van der Waals surface area contributed by atoms with Crippen LogP contribution < -0.4 is 39.8 Å². The normalized spacial score (nSPS) is 12.9. The number of nitrogens with one attached hydrogen (secondary N) is 1. The molecule has 0 aliphatic carbocycles. The van der Waals surface area contributed by atoms with Gasteiger partial charge in [-0.1, -0.05) is 141 Å². The molecule has 2 atom stereocenters. The third kappa shape index (κ3) is 45.8. The smallest absolute Gasteiger partial charge is 0.756 e. The van der Waals surface area contributed by atoms with Crippen molar-refractivity contribution in [2.75, 3.05) is 26.4 Å². The Morgan fingerprint density at radius 2 is 1.00 bits per heavy atom. The second-order valence-corrected chi connectivity index (χ2v) is 16.7. The van der Waals surface area contributed by atoms with Crippen LogP contribution in [0.3, 0.4) is 0 Å². The topological polar surface area (TPSA) is 178 Å². The quantitative estimate of drug-likeness (QED) is 0.0200. The number of aliphatic carboxylic acids is 1. The molecule has 2 N–H and O–H groups in total. The van der Waals surface area contributed by atoms with E-state index in [1.165, 1.54) is 77.0 Å². The first kappa shape index (κ1) is 59.6. The molecule has 0 aromatic carbocycles. The minimum absolute atomic E-state index is 0. The fourth-order valence-electron chi connectivity index (χ4n) is 6.17. The Hall–Kier alpha value is -1.53. The van der Waals surface area contributed by atoms with Crippen LogP contribution in [0.15, 0.2) is 24.3 Å². The van der Waals surface area contributed by atoms with Gasteiger partial charge in [0.25, 0.3) is 7.82 Å². The fourth-order valence-corrected chi connectivity index (χ4v) is 6.91. The van der Waals surface area contributed by atoms with Crippen LogP contribution in [0.5, 0.6) is 0 Å². The molecule has 0 aliphatic rings. The van der Waals surface area contributed by atoms with Crippen LogP contribution in [-0.4, -0.2) is 61.4 Å². The standard InChI is InChI=1S/C45H82NO11P.Na/c1-3-5-7-9-11-13-15-17-19-21-23-25-27-29-31-33-44(50)54-39-41(40-56-58(52,53)55-38-37-46-42(47)35-36-43(48)49)57-45(51)34-32-30-28-26-24-22-20-18-16-14-12-10-8-6-4-2;/h17-20,41H,3-16,21-40H2,1-2H3,(H,46,47)(H,48,49)(H,52,53);/q;+1/p-1. The maximum atomic E-state index is 12.7. The van der Waals surface area contributed by atoms with Gasteiger partial charge < -0.3 is 33.8 Å². The minimum atomic E-state index is -4.86. The summed E-state index contributed by atoms with van der Waals surface area (Å²) >= 11 is 0. The predicted octanol–water partition coefficient (Wildman–Crippen LogP) is 8.00. The maximum Gasteiger partial charge on any atom is 1.00 e. The first-order valence-corrected chi connectivity index (χ1v) is 24.3. The van der Waals surface area contributed by atoms with E-state index in [0.717, 1.165) is 77.0 Å². The van der Waals surface area contributed by atoms with Crippen molar-refractivity contribution in [3.05, 3.63) is 24.3 Å². The van der Waals surface area contributed by atoms with E-state index in [2.05, 4.69) is 43.5 Å². The molecule has 338 valence electrons. The van der Waals surface area contributed by atoms with Crippen LogP contribution >= 0.6 is 7.82 Å². The summed E-state index contributed by atoms with van der Waals surface area (Å²) in [4.78, 5) is 59.7. The molecule has 59 heavy (non-hydrogen) atoms. The van der Waals surface area contributed by atoms with E-state index < -0.39 is 51.0 Å². The number of hydrogen-bond donors (Lipinski definition) is 2. The van der Waals surface area contributed by atoms with Crippen molar-refractivity contribution in [1.29, 1.82) is 0 Å². The Balaban J connectivity index is 0. The van der Waals surface area contributed by atoms with Crippen LogP contribution in [0.2, 0.25) is 0 Å². The van der Waals surface area contributed by atoms with Gasteiger partial charge in [-0.2, -0.15) is 0 Å². The van der Waals surface area contributed by atoms with Crippen molar-refractivity contribution in [3.63, 3.8) is 0 Å². The largest absolute Gasteiger partial charge is 1.00 e. The van der Waals surface area contributed by atoms with Gasteiger partial charge in [0.15, 0.2) is 6.10 Å². The number of carboxylic acid groups (broad SMARTS) is 1. The number of carbonyl (C=O) groups excluding carboxylic acids is 3. The van der Waals surface area contributed by atoms with Crippen molar-refractivity contribution in [1.82, 2.24) is 5.32 Å². The Bertz CT molecular complexity index is 1140. The molecule has 2 unspecified atom stereocenters. The summed E-state index contributed by atoms with van der Waals surface area (Å²) in [5.41, 5.74) is 0. The molecule has 0 radical (unpaired) electrons. The molecule has 0 aromatic heterocycles. The van der Waals surface area contributed by atoms with Gasteiger partial charge in [0.2, 0.25) is 5.91 Å². The van der Waals surface area contributed by atoms with Gasteiger partial charge in [0, 0.05) is 25.8 Å². The predicted molar refractivity (Wildman–Crippen MR) is 229 cm³/mol. The molecule has 0 aliphatic heterocycles. The molecule has 0 saturated carbocycles. The summed E-state index contributed by atoms with van der Waals surface area (Å²) in [5, 5.41) is 11.0. The summed E-state index contributed by atoms with van der Waals surface area (Å²) in [6.45, 7) is 2.88. The van der Waals surface area contributed by atoms with Crippen LogP contribution in [0, 0.1) is 0 Å². The number of hydrogen-bond acceptors (Lipinski definition) is 10. The van der Waals surface area contributed by atoms with E-state index in [0.29, 0.717) is 12.8 Å². The Labute approximate surface area is 380 Å². The van der Waals surface area contributed by atoms with Gasteiger partial charge in [-0.05, 0) is 64.2 Å². The summed E-state index contributed by atoms with van der Waals surface area (Å²) in [7, 11) is -4.86. The van der Waals surface area contributed by atoms with Crippen LogP contribution in [0.1, 0.15) is 206 Å². The summed E-state index contributed by atoms with van der Waals surface area (Å²) in [6, 6.07) is 0. The average Bonchev–Trinajstić information content (AvgIpc) is 3.19. The van der Waals surface area contributed by atoms with Crippen molar-refractivity contribution in [3.8, 4) is 0 Å². The number of phosphoric acid groups is 1. The maximum absolute atomic E-state index is 12.7. The number of carbonyl (C=O) groups is 4. The molecule has 14 heteroatoms. The van der Waals surface area contributed by atoms with Gasteiger partial charge in [0.05, 0.1) is 19.6 Å². The third-order valence-corrected chi connectivity index (χ3v) is 10.6. The Kier molecular flexibility index (Phi) is 44.9. The molecule has 0 heterocycles. The number of rotatable bonds is 43. The van der Waals surface area contributed by atoms with Crippen molar-refractivity contribution in [2.24, 2.45) is 0 Å². The van der Waals surface area contributed by atoms with E-state index in [-0.39, 0.29) is 68.4 Å². The van der Waals surface area contributed by atoms with E-state index in [1.807, 2.05) is 0 Å². The molecule has 1 amide bonds. The molecular weight excluding hydrogens is 784 g/mol. The summed E-state index contributed by atoms with van der Waals surface area (Å²) in [6.07, 6.45) is 37.3.